The Morgan fingerprint density at radius 3 is 2.55 bits per heavy atom. The third-order valence-electron chi connectivity index (χ3n) is 3.23. The van der Waals surface area contributed by atoms with Crippen molar-refractivity contribution in [2.45, 2.75) is 32.6 Å². The molecule has 0 heterocycles. The average molecular weight is 278 g/mol. The average Bonchev–Trinajstić information content (AvgIpc) is 2.49. The molecule has 0 saturated carbocycles. The van der Waals surface area contributed by atoms with Crippen molar-refractivity contribution in [2.75, 3.05) is 26.7 Å². The molecule has 1 aromatic rings. The fourth-order valence-electron chi connectivity index (χ4n) is 1.84. The van der Waals surface area contributed by atoms with Gasteiger partial charge in [-0.2, -0.15) is 0 Å². The molecule has 2 N–H and O–H groups in total. The van der Waals surface area contributed by atoms with E-state index in [0.717, 1.165) is 18.6 Å². The molecule has 4 heteroatoms. The van der Waals surface area contributed by atoms with Gasteiger partial charge in [0.2, 0.25) is 0 Å². The first-order chi connectivity index (χ1) is 9.67. The molecule has 1 rings (SSSR count). The Labute approximate surface area is 121 Å². The van der Waals surface area contributed by atoms with Gasteiger partial charge in [-0.3, -0.25) is 4.79 Å². The van der Waals surface area contributed by atoms with Crippen molar-refractivity contribution < 1.29 is 9.53 Å². The fraction of sp³-hybridized carbons (Fsp3) is 0.562. The topological polar surface area (TPSA) is 55.6 Å². The lowest BCUT2D eigenvalue weighted by molar-refractivity contribution is -0.132. The first-order valence-electron chi connectivity index (χ1n) is 7.33. The van der Waals surface area contributed by atoms with Gasteiger partial charge in [0.1, 0.15) is 5.75 Å². The number of benzene rings is 1. The van der Waals surface area contributed by atoms with Crippen LogP contribution in [0.25, 0.3) is 0 Å². The van der Waals surface area contributed by atoms with Crippen molar-refractivity contribution in [3.63, 3.8) is 0 Å². The van der Waals surface area contributed by atoms with Crippen LogP contribution in [0.4, 0.5) is 0 Å². The van der Waals surface area contributed by atoms with E-state index in [1.165, 1.54) is 18.4 Å². The van der Waals surface area contributed by atoms with Gasteiger partial charge in [0.25, 0.3) is 5.91 Å². The highest BCUT2D eigenvalue weighted by Gasteiger charge is 2.08. The van der Waals surface area contributed by atoms with Crippen LogP contribution in [0.15, 0.2) is 24.3 Å². The van der Waals surface area contributed by atoms with Crippen molar-refractivity contribution in [3.05, 3.63) is 29.8 Å². The molecule has 0 fully saturated rings. The Balaban J connectivity index is 2.35. The molecule has 0 spiro atoms. The SMILES string of the molecule is CCCCc1ccc(OCC(=O)N(C)CCCN)cc1. The fourth-order valence-corrected chi connectivity index (χ4v) is 1.84. The predicted molar refractivity (Wildman–Crippen MR) is 81.9 cm³/mol. The van der Waals surface area contributed by atoms with Gasteiger partial charge < -0.3 is 15.4 Å². The second-order valence-electron chi connectivity index (χ2n) is 4.99. The number of aryl methyl sites for hydroxylation is 1. The molecular weight excluding hydrogens is 252 g/mol. The minimum Gasteiger partial charge on any atom is -0.484 e. The maximum atomic E-state index is 11.8. The van der Waals surface area contributed by atoms with Crippen LogP contribution in [0, 0.1) is 0 Å². The third kappa shape index (κ3) is 6.06. The van der Waals surface area contributed by atoms with Crippen molar-refractivity contribution >= 4 is 5.91 Å². The molecule has 0 aliphatic carbocycles. The van der Waals surface area contributed by atoms with Crippen molar-refractivity contribution in [1.29, 1.82) is 0 Å². The predicted octanol–water partition coefficient (Wildman–Crippen LogP) is 2.22. The Kier molecular flexibility index (Phi) is 7.73. The summed E-state index contributed by atoms with van der Waals surface area (Å²) in [5.41, 5.74) is 6.73. The number of hydrogen-bond acceptors (Lipinski definition) is 3. The lowest BCUT2D eigenvalue weighted by Crippen LogP contribution is -2.33. The number of likely N-dealkylation sites (N-methyl/N-ethyl adjacent to an activating group) is 1. The van der Waals surface area contributed by atoms with Crippen LogP contribution in [0.2, 0.25) is 0 Å². The molecule has 1 aromatic carbocycles. The van der Waals surface area contributed by atoms with Gasteiger partial charge in [0.05, 0.1) is 0 Å². The summed E-state index contributed by atoms with van der Waals surface area (Å²) in [6.45, 7) is 3.53. The Morgan fingerprint density at radius 1 is 1.25 bits per heavy atom. The van der Waals surface area contributed by atoms with E-state index in [9.17, 15) is 4.79 Å². The van der Waals surface area contributed by atoms with E-state index in [1.54, 1.807) is 11.9 Å². The van der Waals surface area contributed by atoms with Crippen LogP contribution < -0.4 is 10.5 Å². The lowest BCUT2D eigenvalue weighted by Gasteiger charge is -2.17. The zero-order valence-electron chi connectivity index (χ0n) is 12.6. The van der Waals surface area contributed by atoms with Crippen molar-refractivity contribution in [3.8, 4) is 5.75 Å². The highest BCUT2D eigenvalue weighted by molar-refractivity contribution is 5.77. The Hall–Kier alpha value is -1.55. The van der Waals surface area contributed by atoms with E-state index in [0.29, 0.717) is 13.1 Å². The molecule has 0 saturated heterocycles. The molecule has 0 radical (unpaired) electrons. The quantitative estimate of drug-likeness (QED) is 0.753. The number of hydrogen-bond donors (Lipinski definition) is 1. The third-order valence-corrected chi connectivity index (χ3v) is 3.23. The smallest absolute Gasteiger partial charge is 0.260 e. The largest absolute Gasteiger partial charge is 0.484 e. The van der Waals surface area contributed by atoms with Gasteiger partial charge in [0, 0.05) is 13.6 Å². The molecule has 0 unspecified atom stereocenters. The van der Waals surface area contributed by atoms with E-state index >= 15 is 0 Å². The van der Waals surface area contributed by atoms with Gasteiger partial charge >= 0.3 is 0 Å². The van der Waals surface area contributed by atoms with Crippen LogP contribution in [0.5, 0.6) is 5.75 Å². The molecule has 20 heavy (non-hydrogen) atoms. The number of nitrogens with two attached hydrogens (primary N) is 1. The molecule has 0 bridgehead atoms. The lowest BCUT2D eigenvalue weighted by atomic mass is 10.1. The number of carbonyl (C=O) groups excluding carboxylic acids is 1. The van der Waals surface area contributed by atoms with E-state index in [1.807, 2.05) is 12.1 Å². The number of amides is 1. The first kappa shape index (κ1) is 16.5. The van der Waals surface area contributed by atoms with Crippen LogP contribution in [-0.4, -0.2) is 37.6 Å². The highest BCUT2D eigenvalue weighted by Crippen LogP contribution is 2.14. The molecule has 0 aliphatic rings. The van der Waals surface area contributed by atoms with E-state index in [2.05, 4.69) is 19.1 Å². The van der Waals surface area contributed by atoms with Crippen LogP contribution in [0.3, 0.4) is 0 Å². The summed E-state index contributed by atoms with van der Waals surface area (Å²) in [5.74, 6) is 0.722. The monoisotopic (exact) mass is 278 g/mol. The molecule has 0 aromatic heterocycles. The van der Waals surface area contributed by atoms with Crippen LogP contribution >= 0.6 is 0 Å². The maximum Gasteiger partial charge on any atom is 0.260 e. The standard InChI is InChI=1S/C16H26N2O2/c1-3-4-6-14-7-9-15(10-8-14)20-13-16(19)18(2)12-5-11-17/h7-10H,3-6,11-13,17H2,1-2H3. The molecule has 1 amide bonds. The van der Waals surface area contributed by atoms with E-state index < -0.39 is 0 Å². The molecule has 112 valence electrons. The summed E-state index contributed by atoms with van der Waals surface area (Å²) in [4.78, 5) is 13.4. The molecule has 0 aliphatic heterocycles. The highest BCUT2D eigenvalue weighted by atomic mass is 16.5. The van der Waals surface area contributed by atoms with Gasteiger partial charge in [0.15, 0.2) is 6.61 Å². The number of rotatable bonds is 9. The zero-order valence-corrected chi connectivity index (χ0v) is 12.6. The number of nitrogens with zero attached hydrogens (tertiary/aromatic N) is 1. The van der Waals surface area contributed by atoms with Gasteiger partial charge in [-0.15, -0.1) is 0 Å². The summed E-state index contributed by atoms with van der Waals surface area (Å²) < 4.78 is 5.51. The van der Waals surface area contributed by atoms with Crippen LogP contribution in [-0.2, 0) is 11.2 Å². The minimum atomic E-state index is -0.0199. The zero-order chi connectivity index (χ0) is 14.8. The minimum absolute atomic E-state index is 0.0199. The van der Waals surface area contributed by atoms with Crippen LogP contribution in [0.1, 0.15) is 31.7 Å². The first-order valence-corrected chi connectivity index (χ1v) is 7.33. The number of unbranched alkanes of at least 4 members (excludes halogenated alkanes) is 1. The molecule has 0 atom stereocenters. The maximum absolute atomic E-state index is 11.8. The van der Waals surface area contributed by atoms with Crippen molar-refractivity contribution in [1.82, 2.24) is 4.90 Å². The van der Waals surface area contributed by atoms with E-state index in [-0.39, 0.29) is 12.5 Å². The Bertz CT molecular complexity index is 390. The van der Waals surface area contributed by atoms with Crippen molar-refractivity contribution in [2.24, 2.45) is 5.73 Å². The number of carbonyl (C=O) groups is 1. The summed E-state index contributed by atoms with van der Waals surface area (Å²) in [5, 5.41) is 0. The normalized spacial score (nSPS) is 10.3. The molecule has 4 nitrogen and oxygen atoms in total. The van der Waals surface area contributed by atoms with Gasteiger partial charge in [-0.05, 0) is 43.5 Å². The second kappa shape index (κ2) is 9.37. The summed E-state index contributed by atoms with van der Waals surface area (Å²) >= 11 is 0. The van der Waals surface area contributed by atoms with Gasteiger partial charge in [-0.25, -0.2) is 0 Å². The Morgan fingerprint density at radius 2 is 1.95 bits per heavy atom. The van der Waals surface area contributed by atoms with E-state index in [4.69, 9.17) is 10.5 Å². The summed E-state index contributed by atoms with van der Waals surface area (Å²) in [6.07, 6.45) is 4.30. The second-order valence-corrected chi connectivity index (χ2v) is 4.99. The number of ether oxygens (including phenoxy) is 1. The summed E-state index contributed by atoms with van der Waals surface area (Å²) in [7, 11) is 1.77. The summed E-state index contributed by atoms with van der Waals surface area (Å²) in [6, 6.07) is 7.98. The van der Waals surface area contributed by atoms with Gasteiger partial charge in [-0.1, -0.05) is 25.5 Å². The molecular formula is C16H26N2O2.